The van der Waals surface area contributed by atoms with Crippen LogP contribution in [0.2, 0.25) is 0 Å². The van der Waals surface area contributed by atoms with Gasteiger partial charge in [-0.25, -0.2) is 9.59 Å². The summed E-state index contributed by atoms with van der Waals surface area (Å²) in [6.07, 6.45) is -0.00727. The van der Waals surface area contributed by atoms with E-state index in [0.717, 1.165) is 0 Å². The summed E-state index contributed by atoms with van der Waals surface area (Å²) in [4.78, 5) is 35.2. The van der Waals surface area contributed by atoms with Crippen LogP contribution in [0.3, 0.4) is 0 Å². The fourth-order valence-electron chi connectivity index (χ4n) is 2.05. The number of nitrogens with one attached hydrogen (secondary N) is 1. The van der Waals surface area contributed by atoms with Crippen molar-refractivity contribution < 1.29 is 24.6 Å². The van der Waals surface area contributed by atoms with Crippen molar-refractivity contribution in [2.75, 3.05) is 13.1 Å². The molecule has 1 unspecified atom stereocenters. The van der Waals surface area contributed by atoms with Crippen LogP contribution < -0.4 is 11.1 Å². The average molecular weight is 273 g/mol. The Kier molecular flexibility index (Phi) is 5.11. The zero-order chi connectivity index (χ0) is 14.6. The van der Waals surface area contributed by atoms with Crippen LogP contribution in [-0.4, -0.2) is 58.3 Å². The van der Waals surface area contributed by atoms with Crippen LogP contribution in [0.1, 0.15) is 19.8 Å². The van der Waals surface area contributed by atoms with E-state index in [0.29, 0.717) is 19.4 Å². The number of carbonyl (C=O) groups is 3. The molecule has 8 nitrogen and oxygen atoms in total. The smallest absolute Gasteiger partial charge is 0.328 e. The molecular formula is C11H19N3O5. The maximum atomic E-state index is 11.9. The Morgan fingerprint density at radius 3 is 2.53 bits per heavy atom. The van der Waals surface area contributed by atoms with Crippen molar-refractivity contribution in [3.8, 4) is 0 Å². The number of urea groups is 1. The number of piperidine rings is 1. The number of primary amides is 1. The topological polar surface area (TPSA) is 133 Å². The van der Waals surface area contributed by atoms with E-state index in [1.807, 2.05) is 0 Å². The Morgan fingerprint density at radius 1 is 1.42 bits per heavy atom. The third-order valence-electron chi connectivity index (χ3n) is 3.15. The second-order valence-corrected chi connectivity index (χ2v) is 4.69. The number of aliphatic carboxylic acids is 1. The molecule has 1 aliphatic rings. The second-order valence-electron chi connectivity index (χ2n) is 4.69. The van der Waals surface area contributed by atoms with Crippen LogP contribution in [0, 0.1) is 5.92 Å². The number of hydrogen-bond donors (Lipinski definition) is 4. The molecule has 3 atom stereocenters. The third-order valence-corrected chi connectivity index (χ3v) is 3.15. The summed E-state index contributed by atoms with van der Waals surface area (Å²) in [6.45, 7) is 1.96. The Morgan fingerprint density at radius 2 is 2.05 bits per heavy atom. The van der Waals surface area contributed by atoms with Crippen LogP contribution in [0.4, 0.5) is 4.79 Å². The van der Waals surface area contributed by atoms with Crippen molar-refractivity contribution in [1.82, 2.24) is 10.2 Å². The molecule has 1 heterocycles. The minimum atomic E-state index is -1.35. The predicted octanol–water partition coefficient (Wildman–Crippen LogP) is -1.27. The molecule has 0 spiro atoms. The van der Waals surface area contributed by atoms with Gasteiger partial charge in [0.15, 0.2) is 6.04 Å². The highest BCUT2D eigenvalue weighted by atomic mass is 16.4. The number of nitrogens with zero attached hydrogens (tertiary/aromatic N) is 1. The predicted molar refractivity (Wildman–Crippen MR) is 65.1 cm³/mol. The quantitative estimate of drug-likeness (QED) is 0.506. The molecule has 1 saturated heterocycles. The fourth-order valence-corrected chi connectivity index (χ4v) is 2.05. The average Bonchev–Trinajstić information content (AvgIpc) is 2.34. The number of nitrogens with two attached hydrogens (primary N) is 1. The summed E-state index contributed by atoms with van der Waals surface area (Å²) in [5, 5.41) is 20.4. The number of amides is 3. The fraction of sp³-hybridized carbons (Fsp3) is 0.727. The van der Waals surface area contributed by atoms with Crippen LogP contribution in [-0.2, 0) is 9.59 Å². The van der Waals surface area contributed by atoms with E-state index >= 15 is 0 Å². The van der Waals surface area contributed by atoms with Crippen LogP contribution >= 0.6 is 0 Å². The molecule has 5 N–H and O–H groups in total. The van der Waals surface area contributed by atoms with E-state index in [1.165, 1.54) is 11.8 Å². The Labute approximate surface area is 110 Å². The molecule has 1 fully saturated rings. The number of aliphatic hydroxyl groups is 1. The normalized spacial score (nSPS) is 22.4. The minimum absolute atomic E-state index is 0.174. The number of carbonyl (C=O) groups excluding carboxylic acids is 2. The number of carboxylic acid groups (broad SMARTS) is 1. The number of hydrogen-bond acceptors (Lipinski definition) is 4. The maximum absolute atomic E-state index is 11.9. The Bertz CT molecular complexity index is 371. The van der Waals surface area contributed by atoms with Crippen molar-refractivity contribution in [3.05, 3.63) is 0 Å². The van der Waals surface area contributed by atoms with Gasteiger partial charge in [-0.3, -0.25) is 4.79 Å². The molecule has 19 heavy (non-hydrogen) atoms. The number of aliphatic hydroxyl groups excluding tert-OH is 1. The van der Waals surface area contributed by atoms with Crippen molar-refractivity contribution in [2.24, 2.45) is 11.7 Å². The Balaban J connectivity index is 2.62. The van der Waals surface area contributed by atoms with Gasteiger partial charge in [0.05, 0.1) is 12.0 Å². The summed E-state index contributed by atoms with van der Waals surface area (Å²) >= 11 is 0. The maximum Gasteiger partial charge on any atom is 0.328 e. The van der Waals surface area contributed by atoms with E-state index in [-0.39, 0.29) is 6.54 Å². The monoisotopic (exact) mass is 273 g/mol. The minimum Gasteiger partial charge on any atom is -0.480 e. The lowest BCUT2D eigenvalue weighted by molar-refractivity contribution is -0.145. The molecule has 0 aromatic rings. The first-order valence-electron chi connectivity index (χ1n) is 6.08. The van der Waals surface area contributed by atoms with Gasteiger partial charge in [0.25, 0.3) is 0 Å². The third kappa shape index (κ3) is 4.09. The van der Waals surface area contributed by atoms with Gasteiger partial charge < -0.3 is 26.2 Å². The van der Waals surface area contributed by atoms with Gasteiger partial charge in [0.2, 0.25) is 5.91 Å². The molecule has 8 heteroatoms. The largest absolute Gasteiger partial charge is 0.480 e. The van der Waals surface area contributed by atoms with Crippen molar-refractivity contribution in [2.45, 2.75) is 31.9 Å². The number of carboxylic acids is 1. The number of rotatable bonds is 4. The molecule has 1 aliphatic heterocycles. The van der Waals surface area contributed by atoms with Crippen LogP contribution in [0.15, 0.2) is 0 Å². The summed E-state index contributed by atoms with van der Waals surface area (Å²) in [7, 11) is 0. The van der Waals surface area contributed by atoms with Gasteiger partial charge in [-0.15, -0.1) is 0 Å². The lowest BCUT2D eigenvalue weighted by atomic mass is 9.96. The molecule has 0 bridgehead atoms. The zero-order valence-electron chi connectivity index (χ0n) is 10.7. The van der Waals surface area contributed by atoms with Crippen LogP contribution in [0.25, 0.3) is 0 Å². The number of likely N-dealkylation sites (tertiary alicyclic amines) is 1. The zero-order valence-corrected chi connectivity index (χ0v) is 10.7. The molecule has 0 radical (unpaired) electrons. The molecule has 108 valence electrons. The Hall–Kier alpha value is -1.83. The molecule has 0 aliphatic carbocycles. The molecule has 1 rings (SSSR count). The van der Waals surface area contributed by atoms with E-state index in [9.17, 15) is 19.5 Å². The van der Waals surface area contributed by atoms with E-state index in [1.54, 1.807) is 0 Å². The van der Waals surface area contributed by atoms with Crippen molar-refractivity contribution in [1.29, 1.82) is 0 Å². The molecule has 0 aromatic heterocycles. The lowest BCUT2D eigenvalue weighted by Gasteiger charge is -2.31. The first-order valence-corrected chi connectivity index (χ1v) is 6.08. The van der Waals surface area contributed by atoms with E-state index < -0.39 is 36.0 Å². The van der Waals surface area contributed by atoms with Gasteiger partial charge in [-0.05, 0) is 19.8 Å². The summed E-state index contributed by atoms with van der Waals surface area (Å²) in [5.74, 6) is -2.29. The SMILES string of the molecule is C[C@@H](O)[C@H](NC(=O)C1CCCN(C(N)=O)C1)C(=O)O. The summed E-state index contributed by atoms with van der Waals surface area (Å²) < 4.78 is 0. The standard InChI is InChI=1S/C11H19N3O5/c1-6(15)8(10(17)18)13-9(16)7-3-2-4-14(5-7)11(12)19/h6-8,15H,2-5H2,1H3,(H2,12,19)(H,13,16)(H,17,18)/t6-,7?,8+/m1/s1. The lowest BCUT2D eigenvalue weighted by Crippen LogP contribution is -2.53. The van der Waals surface area contributed by atoms with E-state index in [4.69, 9.17) is 10.8 Å². The van der Waals surface area contributed by atoms with Crippen molar-refractivity contribution >= 4 is 17.9 Å². The first kappa shape index (κ1) is 15.2. The van der Waals surface area contributed by atoms with Crippen molar-refractivity contribution in [3.63, 3.8) is 0 Å². The molecule has 0 aromatic carbocycles. The molecule has 3 amide bonds. The second kappa shape index (κ2) is 6.37. The van der Waals surface area contributed by atoms with Gasteiger partial charge in [-0.1, -0.05) is 0 Å². The summed E-state index contributed by atoms with van der Waals surface area (Å²) in [6, 6.07) is -1.95. The molecular weight excluding hydrogens is 254 g/mol. The van der Waals surface area contributed by atoms with Gasteiger partial charge in [0.1, 0.15) is 0 Å². The first-order chi connectivity index (χ1) is 8.82. The van der Waals surface area contributed by atoms with Gasteiger partial charge >= 0.3 is 12.0 Å². The highest BCUT2D eigenvalue weighted by Crippen LogP contribution is 2.16. The van der Waals surface area contributed by atoms with E-state index in [2.05, 4.69) is 5.32 Å². The highest BCUT2D eigenvalue weighted by Gasteiger charge is 2.31. The van der Waals surface area contributed by atoms with Crippen LogP contribution in [0.5, 0.6) is 0 Å². The summed E-state index contributed by atoms with van der Waals surface area (Å²) in [5.41, 5.74) is 5.15. The van der Waals surface area contributed by atoms with Gasteiger partial charge in [-0.2, -0.15) is 0 Å². The molecule has 0 saturated carbocycles. The van der Waals surface area contributed by atoms with Gasteiger partial charge in [0, 0.05) is 13.1 Å². The highest BCUT2D eigenvalue weighted by molar-refractivity contribution is 5.86.